The molecule has 0 N–H and O–H groups in total. The van der Waals surface area contributed by atoms with E-state index in [0.29, 0.717) is 0 Å². The van der Waals surface area contributed by atoms with Gasteiger partial charge in [-0.1, -0.05) is 30.3 Å². The van der Waals surface area contributed by atoms with Gasteiger partial charge in [0.1, 0.15) is 6.54 Å². The zero-order valence-corrected chi connectivity index (χ0v) is 12.9. The van der Waals surface area contributed by atoms with E-state index in [2.05, 4.69) is 0 Å². The highest BCUT2D eigenvalue weighted by atomic mass is 16.6. The van der Waals surface area contributed by atoms with Gasteiger partial charge in [-0.15, -0.1) is 0 Å². The first-order valence-corrected chi connectivity index (χ1v) is 7.05. The number of aromatic nitrogens is 1. The standard InChI is InChI=1S/C16H17N3O4/c1-12(13-6-4-3-5-7-13)17(2)16(21)11-18-10-14(19(22)23)8-9-15(18)20/h3-10,12H,11H2,1-2H3. The average Bonchev–Trinajstić information content (AvgIpc) is 2.56. The van der Waals surface area contributed by atoms with Crippen molar-refractivity contribution in [1.29, 1.82) is 0 Å². The van der Waals surface area contributed by atoms with Crippen LogP contribution in [0.4, 0.5) is 5.69 Å². The van der Waals surface area contributed by atoms with Crippen LogP contribution in [0, 0.1) is 10.1 Å². The monoisotopic (exact) mass is 315 g/mol. The molecule has 0 saturated carbocycles. The Morgan fingerprint density at radius 1 is 1.26 bits per heavy atom. The van der Waals surface area contributed by atoms with Gasteiger partial charge in [-0.2, -0.15) is 0 Å². The van der Waals surface area contributed by atoms with Gasteiger partial charge >= 0.3 is 0 Å². The molecule has 120 valence electrons. The number of likely N-dealkylation sites (N-methyl/N-ethyl adjacent to an activating group) is 1. The Morgan fingerprint density at radius 3 is 2.52 bits per heavy atom. The van der Waals surface area contributed by atoms with E-state index < -0.39 is 10.5 Å². The summed E-state index contributed by atoms with van der Waals surface area (Å²) in [6.07, 6.45) is 1.08. The predicted molar refractivity (Wildman–Crippen MR) is 85.0 cm³/mol. The maximum Gasteiger partial charge on any atom is 0.285 e. The molecule has 1 unspecified atom stereocenters. The molecule has 2 rings (SSSR count). The third kappa shape index (κ3) is 3.82. The number of nitrogens with zero attached hydrogens (tertiary/aromatic N) is 3. The van der Waals surface area contributed by atoms with Crippen molar-refractivity contribution in [2.24, 2.45) is 0 Å². The van der Waals surface area contributed by atoms with Crippen molar-refractivity contribution in [3.8, 4) is 0 Å². The lowest BCUT2D eigenvalue weighted by atomic mass is 10.1. The van der Waals surface area contributed by atoms with E-state index in [9.17, 15) is 19.7 Å². The van der Waals surface area contributed by atoms with Crippen molar-refractivity contribution < 1.29 is 9.72 Å². The summed E-state index contributed by atoms with van der Waals surface area (Å²) in [6, 6.07) is 11.5. The van der Waals surface area contributed by atoms with Gasteiger partial charge in [0.2, 0.25) is 5.91 Å². The maximum atomic E-state index is 12.4. The van der Waals surface area contributed by atoms with Gasteiger partial charge in [0.25, 0.3) is 11.2 Å². The molecule has 0 saturated heterocycles. The Bertz CT molecular complexity index is 770. The van der Waals surface area contributed by atoms with Crippen molar-refractivity contribution in [3.05, 3.63) is 74.7 Å². The third-order valence-corrected chi connectivity index (χ3v) is 3.74. The molecule has 1 heterocycles. The SMILES string of the molecule is CC(c1ccccc1)N(C)C(=O)Cn1cc([N+](=O)[O-])ccc1=O. The second kappa shape index (κ2) is 6.87. The van der Waals surface area contributed by atoms with E-state index in [-0.39, 0.29) is 24.2 Å². The van der Waals surface area contributed by atoms with Crippen LogP contribution < -0.4 is 5.56 Å². The molecule has 0 radical (unpaired) electrons. The van der Waals surface area contributed by atoms with Crippen LogP contribution in [-0.4, -0.2) is 27.3 Å². The summed E-state index contributed by atoms with van der Waals surface area (Å²) in [7, 11) is 1.64. The van der Waals surface area contributed by atoms with Gasteiger partial charge in [-0.05, 0) is 12.5 Å². The van der Waals surface area contributed by atoms with Crippen LogP contribution in [0.3, 0.4) is 0 Å². The Hall–Kier alpha value is -2.96. The molecule has 1 atom stereocenters. The van der Waals surface area contributed by atoms with Gasteiger partial charge in [-0.25, -0.2) is 0 Å². The van der Waals surface area contributed by atoms with Crippen LogP contribution in [0.2, 0.25) is 0 Å². The molecule has 0 fully saturated rings. The van der Waals surface area contributed by atoms with E-state index in [1.54, 1.807) is 7.05 Å². The summed E-state index contributed by atoms with van der Waals surface area (Å²) >= 11 is 0. The number of pyridine rings is 1. The molecular weight excluding hydrogens is 298 g/mol. The number of amides is 1. The van der Waals surface area contributed by atoms with Gasteiger partial charge < -0.3 is 4.90 Å². The smallest absolute Gasteiger partial charge is 0.285 e. The Labute approximate surface area is 132 Å². The van der Waals surface area contributed by atoms with Crippen molar-refractivity contribution in [3.63, 3.8) is 0 Å². The lowest BCUT2D eigenvalue weighted by Gasteiger charge is -2.25. The molecule has 2 aromatic rings. The van der Waals surface area contributed by atoms with Crippen LogP contribution in [0.15, 0.2) is 53.5 Å². The van der Waals surface area contributed by atoms with E-state index in [0.717, 1.165) is 28.5 Å². The van der Waals surface area contributed by atoms with Gasteiger partial charge in [0.05, 0.1) is 17.2 Å². The van der Waals surface area contributed by atoms with Crippen LogP contribution >= 0.6 is 0 Å². The highest BCUT2D eigenvalue weighted by Gasteiger charge is 2.18. The van der Waals surface area contributed by atoms with Crippen LogP contribution in [0.5, 0.6) is 0 Å². The molecule has 0 bridgehead atoms. The number of carbonyl (C=O) groups excluding carboxylic acids is 1. The maximum absolute atomic E-state index is 12.4. The zero-order valence-electron chi connectivity index (χ0n) is 12.9. The first-order chi connectivity index (χ1) is 10.9. The minimum absolute atomic E-state index is 0.168. The largest absolute Gasteiger partial charge is 0.337 e. The molecule has 0 aliphatic heterocycles. The lowest BCUT2D eigenvalue weighted by Crippen LogP contribution is -2.35. The Balaban J connectivity index is 2.17. The molecule has 23 heavy (non-hydrogen) atoms. The fraction of sp³-hybridized carbons (Fsp3) is 0.250. The minimum atomic E-state index is -0.600. The molecule has 1 aromatic heterocycles. The summed E-state index contributed by atoms with van der Waals surface area (Å²) in [5.74, 6) is -0.302. The first-order valence-electron chi connectivity index (χ1n) is 7.05. The molecule has 7 nitrogen and oxygen atoms in total. The number of nitro groups is 1. The number of carbonyl (C=O) groups is 1. The first kappa shape index (κ1) is 16.4. The summed E-state index contributed by atoms with van der Waals surface area (Å²) in [6.45, 7) is 1.64. The zero-order chi connectivity index (χ0) is 17.0. The Kier molecular flexibility index (Phi) is 4.90. The molecule has 0 aliphatic carbocycles. The number of hydrogen-bond acceptors (Lipinski definition) is 4. The predicted octanol–water partition coefficient (Wildman–Crippen LogP) is 1.98. The van der Waals surface area contributed by atoms with Crippen molar-refractivity contribution in [2.75, 3.05) is 7.05 Å². The fourth-order valence-electron chi connectivity index (χ4n) is 2.18. The van der Waals surface area contributed by atoms with Crippen molar-refractivity contribution in [1.82, 2.24) is 9.47 Å². The van der Waals surface area contributed by atoms with Crippen molar-refractivity contribution in [2.45, 2.75) is 19.5 Å². The molecule has 0 aliphatic rings. The minimum Gasteiger partial charge on any atom is -0.337 e. The van der Waals surface area contributed by atoms with Crippen LogP contribution in [0.1, 0.15) is 18.5 Å². The van der Waals surface area contributed by atoms with E-state index in [1.807, 2.05) is 37.3 Å². The second-order valence-corrected chi connectivity index (χ2v) is 5.20. The highest BCUT2D eigenvalue weighted by molar-refractivity contribution is 5.76. The van der Waals surface area contributed by atoms with Gasteiger partial charge in [-0.3, -0.25) is 24.3 Å². The number of hydrogen-bond donors (Lipinski definition) is 0. The van der Waals surface area contributed by atoms with Gasteiger partial charge in [0.15, 0.2) is 0 Å². The quantitative estimate of drug-likeness (QED) is 0.623. The topological polar surface area (TPSA) is 85.4 Å². The normalized spacial score (nSPS) is 11.7. The van der Waals surface area contributed by atoms with Crippen LogP contribution in [0.25, 0.3) is 0 Å². The number of rotatable bonds is 5. The summed E-state index contributed by atoms with van der Waals surface area (Å²) in [4.78, 5) is 35.8. The number of benzene rings is 1. The summed E-state index contributed by atoms with van der Waals surface area (Å²) in [5, 5.41) is 10.8. The average molecular weight is 315 g/mol. The van der Waals surface area contributed by atoms with Crippen LogP contribution in [-0.2, 0) is 11.3 Å². The third-order valence-electron chi connectivity index (χ3n) is 3.74. The Morgan fingerprint density at radius 2 is 1.91 bits per heavy atom. The molecule has 1 aromatic carbocycles. The van der Waals surface area contributed by atoms with Crippen molar-refractivity contribution >= 4 is 11.6 Å². The summed E-state index contributed by atoms with van der Waals surface area (Å²) in [5.41, 5.74) is 0.288. The molecule has 0 spiro atoms. The molecule has 7 heteroatoms. The van der Waals surface area contributed by atoms with Gasteiger partial charge in [0, 0.05) is 19.2 Å². The van der Waals surface area contributed by atoms with E-state index in [1.165, 1.54) is 4.90 Å². The second-order valence-electron chi connectivity index (χ2n) is 5.20. The highest BCUT2D eigenvalue weighted by Crippen LogP contribution is 2.18. The van der Waals surface area contributed by atoms with E-state index >= 15 is 0 Å². The fourth-order valence-corrected chi connectivity index (χ4v) is 2.18. The molecular formula is C16H17N3O4. The van der Waals surface area contributed by atoms with E-state index in [4.69, 9.17) is 0 Å². The summed E-state index contributed by atoms with van der Waals surface area (Å²) < 4.78 is 1.05. The molecule has 1 amide bonds. The lowest BCUT2D eigenvalue weighted by molar-refractivity contribution is -0.385.